The van der Waals surface area contributed by atoms with E-state index in [1.165, 1.54) is 12.1 Å². The fourth-order valence-electron chi connectivity index (χ4n) is 2.10. The van der Waals surface area contributed by atoms with Gasteiger partial charge in [-0.25, -0.2) is 4.79 Å². The number of nitrogens with zero attached hydrogens (tertiary/aromatic N) is 1. The molecule has 0 aliphatic heterocycles. The molecule has 0 bridgehead atoms. The molecule has 5 heteroatoms. The van der Waals surface area contributed by atoms with Crippen LogP contribution in [-0.4, -0.2) is 16.0 Å². The largest absolute Gasteiger partial charge is 0.478 e. The number of carbonyl (C=O) groups is 1. The van der Waals surface area contributed by atoms with E-state index in [4.69, 9.17) is 0 Å². The third-order valence-electron chi connectivity index (χ3n) is 3.16. The Bertz CT molecular complexity index is 527. The van der Waals surface area contributed by atoms with Crippen molar-refractivity contribution >= 4 is 11.7 Å². The third kappa shape index (κ3) is 3.15. The molecule has 0 atom stereocenters. The molecule has 1 aromatic carbocycles. The normalized spacial score (nSPS) is 12.3. The molecule has 0 saturated heterocycles. The van der Waals surface area contributed by atoms with Crippen molar-refractivity contribution in [3.8, 4) is 0 Å². The van der Waals surface area contributed by atoms with Crippen LogP contribution in [0.5, 0.6) is 0 Å². The van der Waals surface area contributed by atoms with Crippen LogP contribution >= 0.6 is 0 Å². The van der Waals surface area contributed by atoms with E-state index in [-0.39, 0.29) is 11.3 Å². The Kier molecular flexibility index (Phi) is 3.94. The Hall–Kier alpha value is -1.91. The molecule has 0 heterocycles. The van der Waals surface area contributed by atoms with Crippen molar-refractivity contribution in [1.82, 2.24) is 0 Å². The van der Waals surface area contributed by atoms with E-state index in [1.807, 2.05) is 41.5 Å². The summed E-state index contributed by atoms with van der Waals surface area (Å²) < 4.78 is 0. The maximum Gasteiger partial charge on any atom is 0.335 e. The molecule has 0 aliphatic rings. The van der Waals surface area contributed by atoms with Crippen LogP contribution in [0.15, 0.2) is 12.1 Å². The minimum atomic E-state index is -1.07. The molecule has 0 saturated carbocycles. The number of carboxylic acid groups (broad SMARTS) is 1. The molecule has 1 rings (SSSR count). The molecule has 1 N–H and O–H groups in total. The van der Waals surface area contributed by atoms with Crippen LogP contribution in [-0.2, 0) is 10.8 Å². The molecular formula is C15H21NO4. The fraction of sp³-hybridized carbons (Fsp3) is 0.533. The van der Waals surface area contributed by atoms with Crippen LogP contribution in [0.1, 0.15) is 63.0 Å². The second-order valence-corrected chi connectivity index (χ2v) is 6.98. The predicted octanol–water partition coefficient (Wildman–Crippen LogP) is 3.89. The number of hydrogen-bond donors (Lipinski definition) is 1. The molecule has 0 aromatic heterocycles. The molecule has 0 amide bonds. The standard InChI is InChI=1S/C15H21NO4/c1-14(2,3)10-7-9(13(17)18)8-11(15(4,5)6)12(10)16(19)20/h7-8H,1-6H3,(H,17,18). The number of carboxylic acids is 1. The van der Waals surface area contributed by atoms with Crippen molar-refractivity contribution in [2.75, 3.05) is 0 Å². The summed E-state index contributed by atoms with van der Waals surface area (Å²) in [4.78, 5) is 22.3. The molecule has 0 unspecified atom stereocenters. The zero-order chi connectivity index (χ0) is 15.9. The maximum atomic E-state index is 11.5. The number of rotatable bonds is 2. The molecular weight excluding hydrogens is 258 g/mol. The van der Waals surface area contributed by atoms with E-state index >= 15 is 0 Å². The Morgan fingerprint density at radius 1 is 1.05 bits per heavy atom. The van der Waals surface area contributed by atoms with E-state index in [9.17, 15) is 20.0 Å². The third-order valence-corrected chi connectivity index (χ3v) is 3.16. The molecule has 0 radical (unpaired) electrons. The van der Waals surface area contributed by atoms with Crippen LogP contribution in [0.4, 0.5) is 5.69 Å². The van der Waals surface area contributed by atoms with Gasteiger partial charge < -0.3 is 5.11 Å². The number of hydrogen-bond acceptors (Lipinski definition) is 3. The van der Waals surface area contributed by atoms with Crippen molar-refractivity contribution in [3.05, 3.63) is 38.9 Å². The van der Waals surface area contributed by atoms with E-state index < -0.39 is 21.7 Å². The first-order chi connectivity index (χ1) is 8.85. The Labute approximate surface area is 118 Å². The summed E-state index contributed by atoms with van der Waals surface area (Å²) in [5.74, 6) is -1.07. The van der Waals surface area contributed by atoms with Gasteiger partial charge in [-0.15, -0.1) is 0 Å². The summed E-state index contributed by atoms with van der Waals surface area (Å²) in [6, 6.07) is 2.82. The van der Waals surface area contributed by atoms with Gasteiger partial charge in [0.15, 0.2) is 0 Å². The maximum absolute atomic E-state index is 11.5. The SMILES string of the molecule is CC(C)(C)c1cc(C(=O)O)cc(C(C)(C)C)c1[N+](=O)[O-]. The minimum Gasteiger partial charge on any atom is -0.478 e. The van der Waals surface area contributed by atoms with Gasteiger partial charge in [0, 0.05) is 11.1 Å². The smallest absolute Gasteiger partial charge is 0.335 e. The predicted molar refractivity (Wildman–Crippen MR) is 77.5 cm³/mol. The van der Waals surface area contributed by atoms with Crippen LogP contribution in [0.3, 0.4) is 0 Å². The summed E-state index contributed by atoms with van der Waals surface area (Å²) in [6.07, 6.45) is 0. The van der Waals surface area contributed by atoms with Gasteiger partial charge in [-0.1, -0.05) is 41.5 Å². The zero-order valence-electron chi connectivity index (χ0n) is 12.8. The fourth-order valence-corrected chi connectivity index (χ4v) is 2.10. The highest BCUT2D eigenvalue weighted by Gasteiger charge is 2.34. The average molecular weight is 279 g/mol. The van der Waals surface area contributed by atoms with Crippen LogP contribution in [0.2, 0.25) is 0 Å². The molecule has 0 fully saturated rings. The van der Waals surface area contributed by atoms with Crippen molar-refractivity contribution < 1.29 is 14.8 Å². The first kappa shape index (κ1) is 16.1. The lowest BCUT2D eigenvalue weighted by Crippen LogP contribution is -2.21. The second-order valence-electron chi connectivity index (χ2n) is 6.98. The summed E-state index contributed by atoms with van der Waals surface area (Å²) in [5.41, 5.74) is 0.00181. The highest BCUT2D eigenvalue weighted by molar-refractivity contribution is 5.89. The van der Waals surface area contributed by atoms with Gasteiger partial charge in [-0.05, 0) is 23.0 Å². The van der Waals surface area contributed by atoms with Gasteiger partial charge in [0.25, 0.3) is 5.69 Å². The van der Waals surface area contributed by atoms with E-state index in [0.29, 0.717) is 11.1 Å². The van der Waals surface area contributed by atoms with Gasteiger partial charge in [-0.2, -0.15) is 0 Å². The quantitative estimate of drug-likeness (QED) is 0.657. The highest BCUT2D eigenvalue weighted by Crippen LogP contribution is 2.40. The van der Waals surface area contributed by atoms with Gasteiger partial charge in [0.2, 0.25) is 0 Å². The molecule has 5 nitrogen and oxygen atoms in total. The summed E-state index contributed by atoms with van der Waals surface area (Å²) in [5, 5.41) is 20.7. The van der Waals surface area contributed by atoms with Crippen LogP contribution in [0.25, 0.3) is 0 Å². The lowest BCUT2D eigenvalue weighted by molar-refractivity contribution is -0.387. The van der Waals surface area contributed by atoms with Crippen molar-refractivity contribution in [2.24, 2.45) is 0 Å². The number of nitro groups is 1. The molecule has 110 valence electrons. The van der Waals surface area contributed by atoms with E-state index in [1.54, 1.807) is 0 Å². The minimum absolute atomic E-state index is 0.0231. The molecule has 20 heavy (non-hydrogen) atoms. The lowest BCUT2D eigenvalue weighted by Gasteiger charge is -2.25. The zero-order valence-corrected chi connectivity index (χ0v) is 12.8. The number of nitro benzene ring substituents is 1. The van der Waals surface area contributed by atoms with Crippen molar-refractivity contribution in [3.63, 3.8) is 0 Å². The van der Waals surface area contributed by atoms with Crippen molar-refractivity contribution in [2.45, 2.75) is 52.4 Å². The van der Waals surface area contributed by atoms with E-state index in [0.717, 1.165) is 0 Å². The van der Waals surface area contributed by atoms with Gasteiger partial charge in [-0.3, -0.25) is 10.1 Å². The van der Waals surface area contributed by atoms with Crippen molar-refractivity contribution in [1.29, 1.82) is 0 Å². The van der Waals surface area contributed by atoms with Crippen LogP contribution < -0.4 is 0 Å². The van der Waals surface area contributed by atoms with Gasteiger partial charge in [0.1, 0.15) is 0 Å². The lowest BCUT2D eigenvalue weighted by atomic mass is 9.77. The monoisotopic (exact) mass is 279 g/mol. The summed E-state index contributed by atoms with van der Waals surface area (Å²) in [7, 11) is 0. The molecule has 1 aromatic rings. The first-order valence-corrected chi connectivity index (χ1v) is 6.42. The van der Waals surface area contributed by atoms with Crippen LogP contribution in [0, 0.1) is 10.1 Å². The van der Waals surface area contributed by atoms with Gasteiger partial charge in [0.05, 0.1) is 10.5 Å². The Balaban J connectivity index is 3.86. The van der Waals surface area contributed by atoms with Gasteiger partial charge >= 0.3 is 5.97 Å². The molecule has 0 aliphatic carbocycles. The Morgan fingerprint density at radius 3 is 1.60 bits per heavy atom. The summed E-state index contributed by atoms with van der Waals surface area (Å²) in [6.45, 7) is 11.0. The van der Waals surface area contributed by atoms with E-state index in [2.05, 4.69) is 0 Å². The number of benzene rings is 1. The first-order valence-electron chi connectivity index (χ1n) is 6.42. The average Bonchev–Trinajstić information content (AvgIpc) is 2.24. The Morgan fingerprint density at radius 2 is 1.40 bits per heavy atom. The molecule has 0 spiro atoms. The topological polar surface area (TPSA) is 80.4 Å². The number of aromatic carboxylic acids is 1. The second kappa shape index (κ2) is 4.89. The summed E-state index contributed by atoms with van der Waals surface area (Å²) >= 11 is 0. The highest BCUT2D eigenvalue weighted by atomic mass is 16.6.